The SMILES string of the molecule is C(=C1/CCCN=C1c1cccnc1)/c1cc2ccccc2o1.Cl.Cl. The maximum Gasteiger partial charge on any atom is 0.134 e. The van der Waals surface area contributed by atoms with Gasteiger partial charge in [0.2, 0.25) is 0 Å². The Kier molecular flexibility index (Phi) is 6.18. The van der Waals surface area contributed by atoms with Crippen LogP contribution in [0.1, 0.15) is 24.2 Å². The maximum atomic E-state index is 5.91. The van der Waals surface area contributed by atoms with Crippen LogP contribution >= 0.6 is 24.8 Å². The third-order valence-corrected chi connectivity index (χ3v) is 3.87. The molecule has 3 aromatic rings. The zero-order chi connectivity index (χ0) is 14.8. The molecule has 1 aliphatic heterocycles. The monoisotopic (exact) mass is 360 g/mol. The molecule has 3 heterocycles. The summed E-state index contributed by atoms with van der Waals surface area (Å²) < 4.78 is 5.91. The summed E-state index contributed by atoms with van der Waals surface area (Å²) in [6.45, 7) is 0.877. The molecule has 0 aliphatic carbocycles. The second kappa shape index (κ2) is 8.13. The lowest BCUT2D eigenvalue weighted by atomic mass is 9.96. The first kappa shape index (κ1) is 18.2. The van der Waals surface area contributed by atoms with Gasteiger partial charge in [-0.3, -0.25) is 9.98 Å². The van der Waals surface area contributed by atoms with Gasteiger partial charge in [0.15, 0.2) is 0 Å². The smallest absolute Gasteiger partial charge is 0.134 e. The van der Waals surface area contributed by atoms with Crippen LogP contribution < -0.4 is 0 Å². The Balaban J connectivity index is 0.00000104. The highest BCUT2D eigenvalue weighted by molar-refractivity contribution is 6.15. The number of benzene rings is 1. The van der Waals surface area contributed by atoms with Crippen LogP contribution in [0, 0.1) is 0 Å². The van der Waals surface area contributed by atoms with Gasteiger partial charge in [0.05, 0.1) is 5.71 Å². The standard InChI is InChI=1S/C19H16N2O.2ClH/c1-2-8-18-14(5-1)11-17(22-18)12-15-6-4-10-21-19(15)16-7-3-9-20-13-16;;/h1-3,5,7-9,11-13H,4,6,10H2;2*1H/b15-12+;;. The van der Waals surface area contributed by atoms with E-state index in [2.05, 4.69) is 29.3 Å². The summed E-state index contributed by atoms with van der Waals surface area (Å²) in [5.41, 5.74) is 4.26. The van der Waals surface area contributed by atoms with E-state index in [1.807, 2.05) is 30.5 Å². The van der Waals surface area contributed by atoms with Gasteiger partial charge in [-0.15, -0.1) is 24.8 Å². The third-order valence-electron chi connectivity index (χ3n) is 3.87. The highest BCUT2D eigenvalue weighted by Gasteiger charge is 2.15. The van der Waals surface area contributed by atoms with Crippen molar-refractivity contribution >= 4 is 47.6 Å². The molecule has 1 aliphatic rings. The van der Waals surface area contributed by atoms with Gasteiger partial charge in [0.25, 0.3) is 0 Å². The van der Waals surface area contributed by atoms with Gasteiger partial charge in [-0.2, -0.15) is 0 Å². The first-order valence-corrected chi connectivity index (χ1v) is 7.54. The molecule has 0 fully saturated rings. The number of aliphatic imine (C=N–C) groups is 1. The van der Waals surface area contributed by atoms with Crippen LogP contribution in [-0.4, -0.2) is 17.2 Å². The van der Waals surface area contributed by atoms with Crippen LogP contribution in [0.25, 0.3) is 17.0 Å². The second-order valence-corrected chi connectivity index (χ2v) is 5.43. The molecule has 0 amide bonds. The Labute approximate surface area is 153 Å². The summed E-state index contributed by atoms with van der Waals surface area (Å²) in [6.07, 6.45) is 7.87. The summed E-state index contributed by atoms with van der Waals surface area (Å²) in [7, 11) is 0. The largest absolute Gasteiger partial charge is 0.457 e. The minimum atomic E-state index is 0. The molecule has 2 aromatic heterocycles. The minimum absolute atomic E-state index is 0. The summed E-state index contributed by atoms with van der Waals surface area (Å²) in [4.78, 5) is 8.90. The fourth-order valence-corrected chi connectivity index (χ4v) is 2.85. The number of aromatic nitrogens is 1. The van der Waals surface area contributed by atoms with Crippen molar-refractivity contribution < 1.29 is 4.42 Å². The first-order valence-electron chi connectivity index (χ1n) is 7.54. The Morgan fingerprint density at radius 2 is 1.92 bits per heavy atom. The number of pyridine rings is 1. The molecule has 0 unspecified atom stereocenters. The number of hydrogen-bond acceptors (Lipinski definition) is 3. The average molecular weight is 361 g/mol. The number of nitrogens with zero attached hydrogens (tertiary/aromatic N) is 2. The van der Waals surface area contributed by atoms with Crippen molar-refractivity contribution in [2.45, 2.75) is 12.8 Å². The van der Waals surface area contributed by atoms with Crippen molar-refractivity contribution in [3.63, 3.8) is 0 Å². The van der Waals surface area contributed by atoms with Gasteiger partial charge in [-0.05, 0) is 48.8 Å². The lowest BCUT2D eigenvalue weighted by Gasteiger charge is -2.15. The molecule has 1 aromatic carbocycles. The lowest BCUT2D eigenvalue weighted by molar-refractivity contribution is 0.603. The van der Waals surface area contributed by atoms with E-state index in [4.69, 9.17) is 9.41 Å². The van der Waals surface area contributed by atoms with E-state index < -0.39 is 0 Å². The number of para-hydroxylation sites is 1. The van der Waals surface area contributed by atoms with E-state index in [1.54, 1.807) is 6.20 Å². The van der Waals surface area contributed by atoms with E-state index in [1.165, 1.54) is 5.57 Å². The topological polar surface area (TPSA) is 38.4 Å². The number of halogens is 2. The van der Waals surface area contributed by atoms with Gasteiger partial charge in [0, 0.05) is 29.9 Å². The molecule has 124 valence electrons. The Morgan fingerprint density at radius 3 is 2.71 bits per heavy atom. The van der Waals surface area contributed by atoms with Crippen molar-refractivity contribution in [1.29, 1.82) is 0 Å². The molecule has 5 heteroatoms. The Bertz CT molecular complexity index is 836. The molecule has 24 heavy (non-hydrogen) atoms. The number of rotatable bonds is 2. The van der Waals surface area contributed by atoms with Gasteiger partial charge in [0.1, 0.15) is 11.3 Å². The van der Waals surface area contributed by atoms with E-state index in [9.17, 15) is 0 Å². The summed E-state index contributed by atoms with van der Waals surface area (Å²) in [5, 5.41) is 1.13. The van der Waals surface area contributed by atoms with Gasteiger partial charge >= 0.3 is 0 Å². The highest BCUT2D eigenvalue weighted by Crippen LogP contribution is 2.25. The molecule has 0 saturated carbocycles. The average Bonchev–Trinajstić information content (AvgIpc) is 2.98. The number of furan rings is 1. The molecule has 0 spiro atoms. The lowest BCUT2D eigenvalue weighted by Crippen LogP contribution is -2.11. The zero-order valence-electron chi connectivity index (χ0n) is 13.0. The summed E-state index contributed by atoms with van der Waals surface area (Å²) in [5.74, 6) is 0.884. The predicted octanol–water partition coefficient (Wildman–Crippen LogP) is 5.34. The van der Waals surface area contributed by atoms with Crippen LogP contribution in [0.5, 0.6) is 0 Å². The molecule has 0 N–H and O–H groups in total. The Morgan fingerprint density at radius 1 is 1.04 bits per heavy atom. The van der Waals surface area contributed by atoms with Crippen molar-refractivity contribution in [2.24, 2.45) is 4.99 Å². The molecule has 0 radical (unpaired) electrons. The minimum Gasteiger partial charge on any atom is -0.457 e. The predicted molar refractivity (Wildman–Crippen MR) is 104 cm³/mol. The molecular formula is C19H18Cl2N2O. The molecule has 0 bridgehead atoms. The number of hydrogen-bond donors (Lipinski definition) is 0. The van der Waals surface area contributed by atoms with E-state index in [0.717, 1.165) is 47.4 Å². The zero-order valence-corrected chi connectivity index (χ0v) is 14.6. The fourth-order valence-electron chi connectivity index (χ4n) is 2.85. The highest BCUT2D eigenvalue weighted by atomic mass is 35.5. The molecule has 0 saturated heterocycles. The first-order chi connectivity index (χ1) is 10.9. The molecule has 3 nitrogen and oxygen atoms in total. The molecule has 0 atom stereocenters. The van der Waals surface area contributed by atoms with Crippen LogP contribution in [0.3, 0.4) is 0 Å². The summed E-state index contributed by atoms with van der Waals surface area (Å²) in [6, 6.07) is 14.2. The normalized spacial score (nSPS) is 15.5. The maximum absolute atomic E-state index is 5.91. The van der Waals surface area contributed by atoms with Gasteiger partial charge in [-0.25, -0.2) is 0 Å². The summed E-state index contributed by atoms with van der Waals surface area (Å²) >= 11 is 0. The van der Waals surface area contributed by atoms with E-state index in [-0.39, 0.29) is 24.8 Å². The fraction of sp³-hybridized carbons (Fsp3) is 0.158. The number of allylic oxidation sites excluding steroid dienone is 1. The molecule has 4 rings (SSSR count). The van der Waals surface area contributed by atoms with Gasteiger partial charge in [-0.1, -0.05) is 18.2 Å². The quantitative estimate of drug-likeness (QED) is 0.618. The second-order valence-electron chi connectivity index (χ2n) is 5.43. The third kappa shape index (κ3) is 3.69. The van der Waals surface area contributed by atoms with Crippen molar-refractivity contribution in [3.8, 4) is 0 Å². The van der Waals surface area contributed by atoms with Gasteiger partial charge < -0.3 is 4.42 Å². The van der Waals surface area contributed by atoms with E-state index in [0.29, 0.717) is 0 Å². The van der Waals surface area contributed by atoms with Crippen molar-refractivity contribution in [2.75, 3.05) is 6.54 Å². The van der Waals surface area contributed by atoms with Crippen LogP contribution in [0.4, 0.5) is 0 Å². The van der Waals surface area contributed by atoms with Crippen LogP contribution in [0.15, 0.2) is 69.8 Å². The van der Waals surface area contributed by atoms with Crippen LogP contribution in [0.2, 0.25) is 0 Å². The molecular weight excluding hydrogens is 343 g/mol. The Hall–Kier alpha value is -2.10. The van der Waals surface area contributed by atoms with Crippen molar-refractivity contribution in [3.05, 3.63) is 71.8 Å². The van der Waals surface area contributed by atoms with Crippen LogP contribution in [-0.2, 0) is 0 Å². The van der Waals surface area contributed by atoms with Crippen molar-refractivity contribution in [1.82, 2.24) is 4.98 Å². The number of fused-ring (bicyclic) bond motifs is 1. The van der Waals surface area contributed by atoms with E-state index >= 15 is 0 Å².